The van der Waals surface area contributed by atoms with Crippen LogP contribution in [0.5, 0.6) is 5.75 Å². The Morgan fingerprint density at radius 3 is 2.20 bits per heavy atom. The second-order valence-corrected chi connectivity index (χ2v) is 14.0. The number of piperazine rings is 1. The third-order valence-electron chi connectivity index (χ3n) is 5.55. The van der Waals surface area contributed by atoms with E-state index in [2.05, 4.69) is 12.5 Å². The number of rotatable bonds is 3. The first-order valence-corrected chi connectivity index (χ1v) is 13.3. The van der Waals surface area contributed by atoms with E-state index in [1.807, 2.05) is 25.7 Å². The molecule has 170 valence electrons. The summed E-state index contributed by atoms with van der Waals surface area (Å²) in [5.41, 5.74) is -0.240. The summed E-state index contributed by atoms with van der Waals surface area (Å²) in [6.45, 7) is 7.21. The lowest BCUT2D eigenvalue weighted by Crippen LogP contribution is -2.50. The van der Waals surface area contributed by atoms with Gasteiger partial charge in [0, 0.05) is 38.3 Å². The number of amides is 1. The van der Waals surface area contributed by atoms with Gasteiger partial charge in [0.15, 0.2) is 11.6 Å². The van der Waals surface area contributed by atoms with Crippen LogP contribution >= 0.6 is 10.0 Å². The molecule has 0 spiro atoms. The van der Waals surface area contributed by atoms with E-state index in [1.54, 1.807) is 4.90 Å². The molecule has 0 bridgehead atoms. The smallest absolute Gasteiger partial charge is 0.410 e. The molecule has 0 aliphatic carbocycles. The molecule has 0 N–H and O–H groups in total. The third-order valence-corrected chi connectivity index (χ3v) is 8.23. The Labute approximate surface area is 180 Å². The van der Waals surface area contributed by atoms with Gasteiger partial charge >= 0.3 is 6.09 Å². The van der Waals surface area contributed by atoms with Crippen molar-refractivity contribution in [3.8, 4) is 5.75 Å². The molecule has 3 rings (SSSR count). The van der Waals surface area contributed by atoms with Gasteiger partial charge in [-0.3, -0.25) is 0 Å². The van der Waals surface area contributed by atoms with Crippen molar-refractivity contribution in [3.05, 3.63) is 23.8 Å². The van der Waals surface area contributed by atoms with E-state index in [0.29, 0.717) is 31.9 Å². The van der Waals surface area contributed by atoms with E-state index in [0.717, 1.165) is 30.4 Å². The van der Waals surface area contributed by atoms with E-state index in [9.17, 15) is 13.6 Å². The zero-order valence-corrected chi connectivity index (χ0v) is 19.5. The van der Waals surface area contributed by atoms with Crippen LogP contribution in [0.4, 0.5) is 19.3 Å². The summed E-state index contributed by atoms with van der Waals surface area (Å²) in [5.74, 6) is 1.06. The number of nitrogens with zero attached hydrogens (tertiary/aromatic N) is 2. The Kier molecular flexibility index (Phi) is 6.75. The standard InChI is InChI=1S/C22H34F2N2O3S/c1-22(2,3)29-21(27)26-10-8-25(9-11-26)19-15-20(18(24)14-17(19)23)28-16-6-12-30(4,5)13-7-16/h14-16H,6-13H2,1-5H3. The molecule has 2 aliphatic rings. The van der Waals surface area contributed by atoms with Crippen molar-refractivity contribution < 1.29 is 23.0 Å². The highest BCUT2D eigenvalue weighted by Gasteiger charge is 2.29. The number of ether oxygens (including phenoxy) is 2. The molecule has 1 amide bonds. The first kappa shape index (κ1) is 23.0. The second kappa shape index (κ2) is 8.81. The number of carbonyl (C=O) groups excluding carboxylic acids is 1. The number of hydrogen-bond donors (Lipinski definition) is 0. The summed E-state index contributed by atoms with van der Waals surface area (Å²) in [4.78, 5) is 15.7. The lowest BCUT2D eigenvalue weighted by molar-refractivity contribution is 0.0240. The van der Waals surface area contributed by atoms with Crippen LogP contribution in [-0.4, -0.2) is 72.9 Å². The SMILES string of the molecule is CC(C)(C)OC(=O)N1CCN(c2cc(OC3CCS(C)(C)CC3)c(F)cc2F)CC1. The maximum absolute atomic E-state index is 14.5. The van der Waals surface area contributed by atoms with Crippen molar-refractivity contribution in [2.24, 2.45) is 0 Å². The lowest BCUT2D eigenvalue weighted by atomic mass is 10.2. The third kappa shape index (κ3) is 5.93. The van der Waals surface area contributed by atoms with Gasteiger partial charge < -0.3 is 19.3 Å². The molecule has 0 unspecified atom stereocenters. The average Bonchev–Trinajstić information content (AvgIpc) is 2.64. The largest absolute Gasteiger partial charge is 0.487 e. The minimum Gasteiger partial charge on any atom is -0.487 e. The van der Waals surface area contributed by atoms with Gasteiger partial charge in [-0.25, -0.2) is 23.6 Å². The molecule has 2 heterocycles. The predicted octanol–water partition coefficient (Wildman–Crippen LogP) is 4.63. The number of halogens is 2. The summed E-state index contributed by atoms with van der Waals surface area (Å²) in [7, 11) is -0.558. The first-order valence-electron chi connectivity index (χ1n) is 10.5. The molecular weight excluding hydrogens is 410 g/mol. The Hall–Kier alpha value is -1.70. The zero-order chi connectivity index (χ0) is 22.1. The number of benzene rings is 1. The second-order valence-electron chi connectivity index (χ2n) is 9.68. The van der Waals surface area contributed by atoms with Crippen LogP contribution in [0.15, 0.2) is 12.1 Å². The molecule has 0 atom stereocenters. The first-order chi connectivity index (χ1) is 13.9. The number of anilines is 1. The van der Waals surface area contributed by atoms with E-state index in [-0.39, 0.29) is 17.9 Å². The molecule has 1 aromatic carbocycles. The van der Waals surface area contributed by atoms with Crippen molar-refractivity contribution >= 4 is 21.8 Å². The van der Waals surface area contributed by atoms with Crippen LogP contribution in [0, 0.1) is 11.6 Å². The Balaban J connectivity index is 1.64. The predicted molar refractivity (Wildman–Crippen MR) is 119 cm³/mol. The Bertz CT molecular complexity index is 764. The molecule has 2 saturated heterocycles. The molecule has 5 nitrogen and oxygen atoms in total. The summed E-state index contributed by atoms with van der Waals surface area (Å²) in [6, 6.07) is 2.38. The fourth-order valence-electron chi connectivity index (χ4n) is 3.75. The maximum Gasteiger partial charge on any atom is 0.410 e. The normalized spacial score (nSPS) is 21.3. The van der Waals surface area contributed by atoms with E-state index in [1.165, 1.54) is 6.07 Å². The highest BCUT2D eigenvalue weighted by atomic mass is 32.3. The molecule has 0 aromatic heterocycles. The van der Waals surface area contributed by atoms with E-state index < -0.39 is 27.3 Å². The van der Waals surface area contributed by atoms with Gasteiger partial charge in [-0.2, -0.15) is 0 Å². The van der Waals surface area contributed by atoms with Crippen LogP contribution in [0.3, 0.4) is 0 Å². The molecule has 0 radical (unpaired) electrons. The summed E-state index contributed by atoms with van der Waals surface area (Å²) in [5, 5.41) is 0. The average molecular weight is 445 g/mol. The molecule has 2 fully saturated rings. The van der Waals surface area contributed by atoms with Crippen molar-refractivity contribution in [1.29, 1.82) is 0 Å². The maximum atomic E-state index is 14.5. The molecule has 30 heavy (non-hydrogen) atoms. The Morgan fingerprint density at radius 1 is 1.03 bits per heavy atom. The van der Waals surface area contributed by atoms with Gasteiger partial charge in [0.05, 0.1) is 5.69 Å². The van der Waals surface area contributed by atoms with Gasteiger partial charge in [-0.1, -0.05) is 0 Å². The van der Waals surface area contributed by atoms with Crippen LogP contribution in [0.2, 0.25) is 0 Å². The monoisotopic (exact) mass is 444 g/mol. The van der Waals surface area contributed by atoms with Gasteiger partial charge in [0.2, 0.25) is 0 Å². The van der Waals surface area contributed by atoms with Crippen molar-refractivity contribution in [1.82, 2.24) is 4.90 Å². The van der Waals surface area contributed by atoms with E-state index >= 15 is 0 Å². The van der Waals surface area contributed by atoms with Crippen molar-refractivity contribution in [3.63, 3.8) is 0 Å². The minimum atomic E-state index is -0.666. The topological polar surface area (TPSA) is 42.0 Å². The number of hydrogen-bond acceptors (Lipinski definition) is 4. The Morgan fingerprint density at radius 2 is 1.63 bits per heavy atom. The molecule has 2 aliphatic heterocycles. The van der Waals surface area contributed by atoms with E-state index in [4.69, 9.17) is 9.47 Å². The zero-order valence-electron chi connectivity index (χ0n) is 18.7. The van der Waals surface area contributed by atoms with Gasteiger partial charge in [-0.05, 0) is 57.6 Å². The van der Waals surface area contributed by atoms with Crippen molar-refractivity contribution in [2.45, 2.75) is 45.3 Å². The lowest BCUT2D eigenvalue weighted by Gasteiger charge is -2.39. The highest BCUT2D eigenvalue weighted by Crippen LogP contribution is 2.45. The van der Waals surface area contributed by atoms with Crippen LogP contribution in [0.25, 0.3) is 0 Å². The van der Waals surface area contributed by atoms with Crippen LogP contribution in [0.1, 0.15) is 33.6 Å². The minimum absolute atomic E-state index is 0.0256. The number of carbonyl (C=O) groups is 1. The summed E-state index contributed by atoms with van der Waals surface area (Å²) >= 11 is 0. The fourth-order valence-corrected chi connectivity index (χ4v) is 5.76. The summed E-state index contributed by atoms with van der Waals surface area (Å²) in [6.07, 6.45) is 6.05. The quantitative estimate of drug-likeness (QED) is 0.682. The fraction of sp³-hybridized carbons (Fsp3) is 0.682. The molecule has 1 aromatic rings. The molecule has 8 heteroatoms. The van der Waals surface area contributed by atoms with Gasteiger partial charge in [0.1, 0.15) is 17.5 Å². The van der Waals surface area contributed by atoms with Crippen LogP contribution in [-0.2, 0) is 4.74 Å². The molecular formula is C22H34F2N2O3S. The van der Waals surface area contributed by atoms with Gasteiger partial charge in [0.25, 0.3) is 0 Å². The highest BCUT2D eigenvalue weighted by molar-refractivity contribution is 8.32. The summed E-state index contributed by atoms with van der Waals surface area (Å²) < 4.78 is 40.3. The van der Waals surface area contributed by atoms with Crippen LogP contribution < -0.4 is 9.64 Å². The van der Waals surface area contributed by atoms with Gasteiger partial charge in [-0.15, -0.1) is 0 Å². The van der Waals surface area contributed by atoms with Crippen molar-refractivity contribution in [2.75, 3.05) is 55.1 Å². The molecule has 0 saturated carbocycles.